The van der Waals surface area contributed by atoms with E-state index in [9.17, 15) is 4.39 Å². The summed E-state index contributed by atoms with van der Waals surface area (Å²) in [6.45, 7) is 4.60. The van der Waals surface area contributed by atoms with Crippen LogP contribution in [0.15, 0.2) is 48.5 Å². The fraction of sp³-hybridized carbons (Fsp3) is 0.556. The molecule has 4 fully saturated rings. The quantitative estimate of drug-likeness (QED) is 0.529. The second-order valence-electron chi connectivity index (χ2n) is 10.7. The van der Waals surface area contributed by atoms with Crippen LogP contribution in [-0.4, -0.2) is 12.1 Å². The smallest absolute Gasteiger partial charge is 0.126 e. The van der Waals surface area contributed by atoms with Crippen LogP contribution in [0.3, 0.4) is 0 Å². The van der Waals surface area contributed by atoms with Crippen LogP contribution >= 0.6 is 11.6 Å². The summed E-state index contributed by atoms with van der Waals surface area (Å²) in [6.07, 6.45) is 8.79. The number of rotatable bonds is 6. The second kappa shape index (κ2) is 7.64. The summed E-state index contributed by atoms with van der Waals surface area (Å²) in [7, 11) is 0. The van der Waals surface area contributed by atoms with Crippen molar-refractivity contribution < 1.29 is 4.39 Å². The molecule has 160 valence electrons. The van der Waals surface area contributed by atoms with Crippen molar-refractivity contribution in [3.8, 4) is 0 Å². The van der Waals surface area contributed by atoms with Gasteiger partial charge in [0.25, 0.3) is 0 Å². The van der Waals surface area contributed by atoms with Gasteiger partial charge in [-0.1, -0.05) is 41.9 Å². The van der Waals surface area contributed by atoms with E-state index >= 15 is 0 Å². The minimum absolute atomic E-state index is 0.0877. The van der Waals surface area contributed by atoms with Crippen LogP contribution in [0.4, 0.5) is 4.39 Å². The molecule has 30 heavy (non-hydrogen) atoms. The summed E-state index contributed by atoms with van der Waals surface area (Å²) in [6, 6.07) is 16.6. The van der Waals surface area contributed by atoms with Crippen LogP contribution in [0.5, 0.6) is 0 Å². The summed E-state index contributed by atoms with van der Waals surface area (Å²) in [5.74, 6) is 1.59. The number of halogens is 2. The highest BCUT2D eigenvalue weighted by atomic mass is 35.5. The highest BCUT2D eigenvalue weighted by molar-refractivity contribution is 6.30. The first kappa shape index (κ1) is 20.5. The Kier molecular flexibility index (Phi) is 5.22. The Morgan fingerprint density at radius 2 is 1.67 bits per heavy atom. The van der Waals surface area contributed by atoms with E-state index in [-0.39, 0.29) is 11.9 Å². The second-order valence-corrected chi connectivity index (χ2v) is 11.1. The molecule has 4 saturated carbocycles. The van der Waals surface area contributed by atoms with Crippen LogP contribution < -0.4 is 5.32 Å². The SMILES string of the molecule is C[C@H](Cc1ccccc1F)N[C@H](C)C12C[C@H]3C[C@@H](CC(c4ccc(Cl)cc4)(C3)C1)C2. The van der Waals surface area contributed by atoms with Gasteiger partial charge in [0.2, 0.25) is 0 Å². The molecule has 0 spiro atoms. The van der Waals surface area contributed by atoms with E-state index in [4.69, 9.17) is 11.6 Å². The van der Waals surface area contributed by atoms with Crippen LogP contribution in [0.2, 0.25) is 5.02 Å². The lowest BCUT2D eigenvalue weighted by molar-refractivity contribution is -0.0893. The van der Waals surface area contributed by atoms with Gasteiger partial charge in [-0.2, -0.15) is 0 Å². The lowest BCUT2D eigenvalue weighted by atomic mass is 9.41. The van der Waals surface area contributed by atoms with Crippen LogP contribution in [0.1, 0.15) is 63.5 Å². The van der Waals surface area contributed by atoms with Crippen LogP contribution in [0.25, 0.3) is 0 Å². The Balaban J connectivity index is 1.36. The van der Waals surface area contributed by atoms with Crippen molar-refractivity contribution in [2.45, 2.75) is 76.3 Å². The standard InChI is InChI=1S/C27H33ClFN/c1-18(11-22-5-3-4-6-25(22)29)30-19(2)26-13-20-12-21(14-26)16-27(15-20,17-26)23-7-9-24(28)10-8-23/h3-10,18-21,30H,11-17H2,1-2H3/t18-,19-,20-,21-,26?,27?/m1/s1. The minimum atomic E-state index is -0.0877. The molecule has 0 aromatic heterocycles. The van der Waals surface area contributed by atoms with Gasteiger partial charge in [0.05, 0.1) is 0 Å². The van der Waals surface area contributed by atoms with Crippen molar-refractivity contribution in [2.75, 3.05) is 0 Å². The highest BCUT2D eigenvalue weighted by Crippen LogP contribution is 2.66. The molecule has 4 bridgehead atoms. The van der Waals surface area contributed by atoms with Gasteiger partial charge in [0.15, 0.2) is 0 Å². The predicted octanol–water partition coefficient (Wildman–Crippen LogP) is 6.93. The molecule has 1 N–H and O–H groups in total. The molecule has 0 radical (unpaired) electrons. The largest absolute Gasteiger partial charge is 0.311 e. The third kappa shape index (κ3) is 3.60. The maximum atomic E-state index is 14.1. The zero-order chi connectivity index (χ0) is 20.9. The van der Waals surface area contributed by atoms with Crippen molar-refractivity contribution >= 4 is 11.6 Å². The van der Waals surface area contributed by atoms with E-state index in [2.05, 4.69) is 43.4 Å². The molecular formula is C27H33ClFN. The summed E-state index contributed by atoms with van der Waals surface area (Å²) in [5.41, 5.74) is 2.98. The lowest BCUT2D eigenvalue weighted by Gasteiger charge is -2.64. The van der Waals surface area contributed by atoms with Gasteiger partial charge >= 0.3 is 0 Å². The molecule has 0 amide bonds. The Morgan fingerprint density at radius 3 is 2.33 bits per heavy atom. The molecule has 0 saturated heterocycles. The van der Waals surface area contributed by atoms with Gasteiger partial charge in [-0.15, -0.1) is 0 Å². The summed E-state index contributed by atoms with van der Waals surface area (Å²) < 4.78 is 14.1. The average molecular weight is 426 g/mol. The predicted molar refractivity (Wildman–Crippen MR) is 122 cm³/mol. The molecule has 2 aromatic carbocycles. The first-order valence-electron chi connectivity index (χ1n) is 11.6. The topological polar surface area (TPSA) is 12.0 Å². The summed E-state index contributed by atoms with van der Waals surface area (Å²) in [4.78, 5) is 0. The zero-order valence-corrected chi connectivity index (χ0v) is 18.9. The molecule has 0 heterocycles. The molecule has 4 aliphatic carbocycles. The Bertz CT molecular complexity index is 893. The van der Waals surface area contributed by atoms with E-state index in [1.807, 2.05) is 12.1 Å². The fourth-order valence-electron chi connectivity index (χ4n) is 7.64. The van der Waals surface area contributed by atoms with E-state index in [1.165, 1.54) is 44.1 Å². The van der Waals surface area contributed by atoms with E-state index in [0.29, 0.717) is 16.9 Å². The van der Waals surface area contributed by atoms with Crippen molar-refractivity contribution in [1.82, 2.24) is 5.32 Å². The van der Waals surface area contributed by atoms with E-state index in [1.54, 1.807) is 12.1 Å². The van der Waals surface area contributed by atoms with Crippen molar-refractivity contribution in [2.24, 2.45) is 17.3 Å². The third-order valence-electron chi connectivity index (χ3n) is 8.50. The zero-order valence-electron chi connectivity index (χ0n) is 18.1. The van der Waals surface area contributed by atoms with E-state index < -0.39 is 0 Å². The summed E-state index contributed by atoms with van der Waals surface area (Å²) >= 11 is 6.20. The monoisotopic (exact) mass is 425 g/mol. The Hall–Kier alpha value is -1.38. The molecule has 3 heteroatoms. The van der Waals surface area contributed by atoms with Gasteiger partial charge in [-0.3, -0.25) is 0 Å². The average Bonchev–Trinajstić information content (AvgIpc) is 2.69. The molecule has 0 aliphatic heterocycles. The normalized spacial score (nSPS) is 34.1. The fourth-order valence-corrected chi connectivity index (χ4v) is 7.76. The van der Waals surface area contributed by atoms with E-state index in [0.717, 1.165) is 28.8 Å². The molecule has 4 aliphatic rings. The van der Waals surface area contributed by atoms with Crippen LogP contribution in [0, 0.1) is 23.1 Å². The highest BCUT2D eigenvalue weighted by Gasteiger charge is 2.59. The van der Waals surface area contributed by atoms with Gasteiger partial charge in [-0.25, -0.2) is 4.39 Å². The van der Waals surface area contributed by atoms with Gasteiger partial charge in [-0.05, 0) is 111 Å². The van der Waals surface area contributed by atoms with Crippen molar-refractivity contribution in [3.05, 3.63) is 70.5 Å². The first-order valence-corrected chi connectivity index (χ1v) is 12.0. The number of nitrogens with one attached hydrogen (secondary N) is 1. The number of hydrogen-bond acceptors (Lipinski definition) is 1. The van der Waals surface area contributed by atoms with Gasteiger partial charge < -0.3 is 5.32 Å². The Labute approximate surface area is 185 Å². The molecular weight excluding hydrogens is 393 g/mol. The van der Waals surface area contributed by atoms with Crippen LogP contribution in [-0.2, 0) is 11.8 Å². The van der Waals surface area contributed by atoms with Crippen molar-refractivity contribution in [3.63, 3.8) is 0 Å². The molecule has 0 unspecified atom stereocenters. The Morgan fingerprint density at radius 1 is 1.00 bits per heavy atom. The summed E-state index contributed by atoms with van der Waals surface area (Å²) in [5, 5.41) is 4.73. The number of benzene rings is 2. The molecule has 2 aromatic rings. The first-order chi connectivity index (χ1) is 14.4. The molecule has 4 atom stereocenters. The van der Waals surface area contributed by atoms with Gasteiger partial charge in [0, 0.05) is 17.1 Å². The maximum Gasteiger partial charge on any atom is 0.126 e. The third-order valence-corrected chi connectivity index (χ3v) is 8.75. The van der Waals surface area contributed by atoms with Crippen molar-refractivity contribution in [1.29, 1.82) is 0 Å². The molecule has 1 nitrogen and oxygen atoms in total. The number of hydrogen-bond donors (Lipinski definition) is 1. The maximum absolute atomic E-state index is 14.1. The minimum Gasteiger partial charge on any atom is -0.311 e. The van der Waals surface area contributed by atoms with Gasteiger partial charge in [0.1, 0.15) is 5.82 Å². The molecule has 6 rings (SSSR count). The lowest BCUT2D eigenvalue weighted by Crippen LogP contribution is -2.60.